The highest BCUT2D eigenvalue weighted by Crippen LogP contribution is 2.38. The minimum atomic E-state index is -1.73. The molecule has 3 rings (SSSR count). The van der Waals surface area contributed by atoms with Crippen molar-refractivity contribution in [2.24, 2.45) is 0 Å². The Morgan fingerprint density at radius 1 is 1.62 bits per heavy atom. The molecule has 3 heterocycles. The Hall–Kier alpha value is -2.28. The van der Waals surface area contributed by atoms with Gasteiger partial charge in [0.05, 0.1) is 12.0 Å². The predicted molar refractivity (Wildman–Crippen MR) is 68.1 cm³/mol. The summed E-state index contributed by atoms with van der Waals surface area (Å²) < 4.78 is 20.7. The number of ether oxygens (including phenoxy) is 1. The van der Waals surface area contributed by atoms with E-state index in [4.69, 9.17) is 15.7 Å². The van der Waals surface area contributed by atoms with Crippen molar-refractivity contribution in [1.82, 2.24) is 14.5 Å². The summed E-state index contributed by atoms with van der Waals surface area (Å²) in [5.74, 6) is -0.636. The van der Waals surface area contributed by atoms with Gasteiger partial charge in [-0.1, -0.05) is 0 Å². The Morgan fingerprint density at radius 2 is 2.38 bits per heavy atom. The van der Waals surface area contributed by atoms with E-state index < -0.39 is 30.4 Å². The second kappa shape index (κ2) is 4.63. The fourth-order valence-electron chi connectivity index (χ4n) is 2.48. The molecule has 0 radical (unpaired) electrons. The number of nitriles is 1. The van der Waals surface area contributed by atoms with E-state index in [2.05, 4.69) is 9.97 Å². The van der Waals surface area contributed by atoms with E-state index in [1.165, 1.54) is 10.9 Å². The van der Waals surface area contributed by atoms with Gasteiger partial charge in [0.1, 0.15) is 30.5 Å². The second-order valence-electron chi connectivity index (χ2n) is 4.83. The molecule has 0 spiro atoms. The molecule has 1 fully saturated rings. The lowest BCUT2D eigenvalue weighted by Gasteiger charge is -2.21. The highest BCUT2D eigenvalue weighted by atomic mass is 19.1. The number of aliphatic hydroxyl groups excluding tert-OH is 2. The third kappa shape index (κ3) is 1.84. The van der Waals surface area contributed by atoms with Crippen LogP contribution in [0.2, 0.25) is 0 Å². The molecule has 0 aliphatic carbocycles. The summed E-state index contributed by atoms with van der Waals surface area (Å²) >= 11 is 0. The first-order chi connectivity index (χ1) is 10.0. The van der Waals surface area contributed by atoms with Crippen LogP contribution in [0.3, 0.4) is 0 Å². The van der Waals surface area contributed by atoms with E-state index in [0.29, 0.717) is 0 Å². The van der Waals surface area contributed by atoms with Crippen molar-refractivity contribution in [3.63, 3.8) is 0 Å². The SMILES string of the molecule is N#C[C@]1(CO)O[C@@H](n2cc(F)c3c(N)ncnc32)C[C@@H]1O. The summed E-state index contributed by atoms with van der Waals surface area (Å²) in [6.07, 6.45) is 0.284. The maximum absolute atomic E-state index is 14.0. The lowest BCUT2D eigenvalue weighted by atomic mass is 10.00. The minimum absolute atomic E-state index is 0.0106. The lowest BCUT2D eigenvalue weighted by Crippen LogP contribution is -2.41. The van der Waals surface area contributed by atoms with Crippen LogP contribution in [0.15, 0.2) is 12.5 Å². The molecule has 110 valence electrons. The van der Waals surface area contributed by atoms with Gasteiger partial charge in [0, 0.05) is 12.6 Å². The van der Waals surface area contributed by atoms with Crippen molar-refractivity contribution < 1.29 is 19.3 Å². The number of hydrogen-bond donors (Lipinski definition) is 3. The largest absolute Gasteiger partial charge is 0.392 e. The Labute approximate surface area is 118 Å². The molecule has 8 nitrogen and oxygen atoms in total. The summed E-state index contributed by atoms with van der Waals surface area (Å²) in [7, 11) is 0. The van der Waals surface area contributed by atoms with Crippen molar-refractivity contribution in [3.05, 3.63) is 18.3 Å². The zero-order chi connectivity index (χ0) is 15.2. The highest BCUT2D eigenvalue weighted by molar-refractivity contribution is 5.86. The standard InChI is InChI=1S/C12H12FN5O3/c13-6-2-18(11-9(6)10(15)16-5-17-11)8-1-7(20)12(3-14,4-19)21-8/h2,5,7-8,19-20H,1,4H2,(H2,15,16,17)/t7-,8+,12+/m0/s1. The smallest absolute Gasteiger partial charge is 0.205 e. The molecule has 21 heavy (non-hydrogen) atoms. The molecule has 1 aliphatic heterocycles. The van der Waals surface area contributed by atoms with Crippen molar-refractivity contribution >= 4 is 16.9 Å². The minimum Gasteiger partial charge on any atom is -0.392 e. The van der Waals surface area contributed by atoms with Crippen LogP contribution in [0.5, 0.6) is 0 Å². The number of hydrogen-bond acceptors (Lipinski definition) is 7. The van der Waals surface area contributed by atoms with Crippen LogP contribution in [0.4, 0.5) is 10.2 Å². The van der Waals surface area contributed by atoms with Crippen LogP contribution in [0, 0.1) is 17.1 Å². The van der Waals surface area contributed by atoms with E-state index in [9.17, 15) is 14.6 Å². The Morgan fingerprint density at radius 3 is 3.00 bits per heavy atom. The number of nitrogens with two attached hydrogens (primary N) is 1. The maximum Gasteiger partial charge on any atom is 0.205 e. The van der Waals surface area contributed by atoms with Gasteiger partial charge in [-0.3, -0.25) is 0 Å². The maximum atomic E-state index is 14.0. The van der Waals surface area contributed by atoms with Gasteiger partial charge >= 0.3 is 0 Å². The van der Waals surface area contributed by atoms with Crippen LogP contribution in [0.1, 0.15) is 12.6 Å². The van der Waals surface area contributed by atoms with Crippen LogP contribution in [0.25, 0.3) is 11.0 Å². The first kappa shape index (κ1) is 13.7. The fourth-order valence-corrected chi connectivity index (χ4v) is 2.48. The third-order valence-corrected chi connectivity index (χ3v) is 3.64. The van der Waals surface area contributed by atoms with E-state index in [0.717, 1.165) is 6.20 Å². The summed E-state index contributed by atoms with van der Waals surface area (Å²) in [5.41, 5.74) is 4.09. The van der Waals surface area contributed by atoms with Gasteiger partial charge in [-0.05, 0) is 0 Å². The average Bonchev–Trinajstić information content (AvgIpc) is 2.98. The first-order valence-electron chi connectivity index (χ1n) is 6.17. The van der Waals surface area contributed by atoms with E-state index in [1.807, 2.05) is 0 Å². The van der Waals surface area contributed by atoms with Crippen molar-refractivity contribution in [2.45, 2.75) is 24.4 Å². The number of aromatic nitrogens is 3. The summed E-state index contributed by atoms with van der Waals surface area (Å²) in [6.45, 7) is -0.667. The highest BCUT2D eigenvalue weighted by Gasteiger charge is 2.49. The molecule has 3 atom stereocenters. The second-order valence-corrected chi connectivity index (χ2v) is 4.83. The van der Waals surface area contributed by atoms with Crippen LogP contribution in [-0.4, -0.2) is 43.1 Å². The van der Waals surface area contributed by atoms with Crippen molar-refractivity contribution in [2.75, 3.05) is 12.3 Å². The number of rotatable bonds is 2. The quantitative estimate of drug-likeness (QED) is 0.692. The first-order valence-corrected chi connectivity index (χ1v) is 6.17. The van der Waals surface area contributed by atoms with Crippen molar-refractivity contribution in [3.8, 4) is 6.07 Å². The number of fused-ring (bicyclic) bond motifs is 1. The van der Waals surface area contributed by atoms with Crippen molar-refractivity contribution in [1.29, 1.82) is 5.26 Å². The molecule has 1 saturated heterocycles. The monoisotopic (exact) mass is 293 g/mol. The lowest BCUT2D eigenvalue weighted by molar-refractivity contribution is -0.0904. The Bertz CT molecular complexity index is 742. The summed E-state index contributed by atoms with van der Waals surface area (Å²) in [6, 6.07) is 1.76. The zero-order valence-corrected chi connectivity index (χ0v) is 10.8. The number of nitrogens with zero attached hydrogens (tertiary/aromatic N) is 4. The molecule has 4 N–H and O–H groups in total. The normalized spacial score (nSPS) is 28.9. The van der Waals surface area contributed by atoms with Crippen LogP contribution >= 0.6 is 0 Å². The number of halogens is 1. The molecular weight excluding hydrogens is 281 g/mol. The summed E-state index contributed by atoms with van der Waals surface area (Å²) in [5, 5.41) is 28.4. The van der Waals surface area contributed by atoms with Crippen LogP contribution < -0.4 is 5.73 Å². The molecule has 1 aliphatic rings. The van der Waals surface area contributed by atoms with Gasteiger partial charge in [0.15, 0.2) is 11.5 Å². The van der Waals surface area contributed by atoms with Gasteiger partial charge in [0.25, 0.3) is 0 Å². The molecule has 0 unspecified atom stereocenters. The number of nitrogen functional groups attached to an aromatic ring is 1. The van der Waals surface area contributed by atoms with Gasteiger partial charge < -0.3 is 25.3 Å². The topological polar surface area (TPSA) is 130 Å². The van der Waals surface area contributed by atoms with E-state index in [1.54, 1.807) is 6.07 Å². The van der Waals surface area contributed by atoms with Gasteiger partial charge in [-0.2, -0.15) is 5.26 Å². The summed E-state index contributed by atoms with van der Waals surface area (Å²) in [4.78, 5) is 7.67. The molecule has 0 aromatic carbocycles. The molecule has 2 aromatic heterocycles. The third-order valence-electron chi connectivity index (χ3n) is 3.64. The van der Waals surface area contributed by atoms with Gasteiger partial charge in [-0.25, -0.2) is 14.4 Å². The Kier molecular flexibility index (Phi) is 3.02. The molecule has 0 bridgehead atoms. The van der Waals surface area contributed by atoms with Crippen LogP contribution in [-0.2, 0) is 4.74 Å². The number of aliphatic hydroxyl groups is 2. The zero-order valence-electron chi connectivity index (χ0n) is 10.8. The molecule has 9 heteroatoms. The Balaban J connectivity index is 2.08. The predicted octanol–water partition coefficient (Wildman–Crippen LogP) is -0.313. The molecule has 2 aromatic rings. The average molecular weight is 293 g/mol. The number of anilines is 1. The molecular formula is C12H12FN5O3. The fraction of sp³-hybridized carbons (Fsp3) is 0.417. The van der Waals surface area contributed by atoms with Gasteiger partial charge in [0.2, 0.25) is 5.60 Å². The van der Waals surface area contributed by atoms with Gasteiger partial charge in [-0.15, -0.1) is 0 Å². The van der Waals surface area contributed by atoms with E-state index >= 15 is 0 Å². The molecule has 0 saturated carbocycles. The molecule has 0 amide bonds. The van der Waals surface area contributed by atoms with E-state index in [-0.39, 0.29) is 23.3 Å².